The molecule has 0 saturated carbocycles. The molecule has 1 aliphatic rings. The van der Waals surface area contributed by atoms with Crippen LogP contribution in [0.4, 0.5) is 0 Å². The zero-order valence-electron chi connectivity index (χ0n) is 11.0. The first-order chi connectivity index (χ1) is 9.72. The molecule has 1 aromatic rings. The van der Waals surface area contributed by atoms with E-state index in [-0.39, 0.29) is 22.8 Å². The van der Waals surface area contributed by atoms with Crippen molar-refractivity contribution >= 4 is 25.8 Å². The summed E-state index contributed by atoms with van der Waals surface area (Å²) in [4.78, 5) is 10.6. The molecule has 2 N–H and O–H groups in total. The van der Waals surface area contributed by atoms with Gasteiger partial charge in [-0.25, -0.2) is 26.4 Å². The third kappa shape index (κ3) is 3.60. The van der Waals surface area contributed by atoms with E-state index in [1.165, 1.54) is 24.3 Å². The molecule has 1 saturated heterocycles. The second-order valence-electron chi connectivity index (χ2n) is 4.81. The number of carboxylic acids is 1. The number of sulfone groups is 1. The van der Waals surface area contributed by atoms with Gasteiger partial charge in [0.25, 0.3) is 0 Å². The Morgan fingerprint density at radius 3 is 2.38 bits per heavy atom. The normalized spacial score (nSPS) is 21.2. The first-order valence-electron chi connectivity index (χ1n) is 6.27. The monoisotopic (exact) mass is 333 g/mol. The van der Waals surface area contributed by atoms with Crippen molar-refractivity contribution in [1.29, 1.82) is 0 Å². The number of aromatic carboxylic acids is 1. The number of rotatable bonds is 5. The van der Waals surface area contributed by atoms with Crippen LogP contribution in [0.15, 0.2) is 29.2 Å². The van der Waals surface area contributed by atoms with Gasteiger partial charge < -0.3 is 5.11 Å². The summed E-state index contributed by atoms with van der Waals surface area (Å²) in [6.07, 6.45) is 0.991. The predicted octanol–water partition coefficient (Wildman–Crippen LogP) is 0.240. The van der Waals surface area contributed by atoms with Crippen LogP contribution in [-0.4, -0.2) is 45.5 Å². The molecule has 2 rings (SSSR count). The van der Waals surface area contributed by atoms with E-state index in [9.17, 15) is 21.6 Å². The molecule has 0 aliphatic carbocycles. The summed E-state index contributed by atoms with van der Waals surface area (Å²) in [7, 11) is -7.06. The smallest absolute Gasteiger partial charge is 0.335 e. The van der Waals surface area contributed by atoms with Gasteiger partial charge in [-0.2, -0.15) is 0 Å². The highest BCUT2D eigenvalue weighted by Crippen LogP contribution is 2.20. The lowest BCUT2D eigenvalue weighted by Gasteiger charge is -2.11. The van der Waals surface area contributed by atoms with Crippen molar-refractivity contribution in [3.05, 3.63) is 29.8 Å². The Bertz CT molecular complexity index is 736. The van der Waals surface area contributed by atoms with Crippen LogP contribution in [0.25, 0.3) is 0 Å². The lowest BCUT2D eigenvalue weighted by molar-refractivity contribution is 0.0696. The molecule has 0 bridgehead atoms. The molecule has 21 heavy (non-hydrogen) atoms. The molecule has 1 heterocycles. The second-order valence-corrected chi connectivity index (χ2v) is 8.98. The molecule has 0 aromatic heterocycles. The second kappa shape index (κ2) is 5.74. The molecule has 116 valence electrons. The summed E-state index contributed by atoms with van der Waals surface area (Å²) < 4.78 is 49.6. The van der Waals surface area contributed by atoms with Crippen molar-refractivity contribution in [3.8, 4) is 0 Å². The predicted molar refractivity (Wildman–Crippen MR) is 75.4 cm³/mol. The molecule has 1 atom stereocenters. The lowest BCUT2D eigenvalue weighted by Crippen LogP contribution is -2.34. The van der Waals surface area contributed by atoms with Crippen LogP contribution in [0, 0.1) is 0 Å². The van der Waals surface area contributed by atoms with Crippen LogP contribution < -0.4 is 4.72 Å². The maximum absolute atomic E-state index is 12.0. The number of nitrogens with one attached hydrogen (secondary N) is 1. The third-order valence-corrected chi connectivity index (χ3v) is 7.09. The summed E-state index contributed by atoms with van der Waals surface area (Å²) in [5, 5.41) is 8.06. The average molecular weight is 333 g/mol. The third-order valence-electron chi connectivity index (χ3n) is 3.38. The molecule has 1 aromatic carbocycles. The van der Waals surface area contributed by atoms with Crippen molar-refractivity contribution in [1.82, 2.24) is 4.72 Å². The van der Waals surface area contributed by atoms with Crippen molar-refractivity contribution in [3.63, 3.8) is 0 Å². The van der Waals surface area contributed by atoms with Gasteiger partial charge in [0.05, 0.1) is 21.5 Å². The van der Waals surface area contributed by atoms with E-state index in [2.05, 4.69) is 4.72 Å². The Kier molecular flexibility index (Phi) is 4.35. The Morgan fingerprint density at radius 1 is 1.29 bits per heavy atom. The van der Waals surface area contributed by atoms with Crippen molar-refractivity contribution in [2.24, 2.45) is 0 Å². The summed E-state index contributed by atoms with van der Waals surface area (Å²) >= 11 is 0. The van der Waals surface area contributed by atoms with E-state index in [1.807, 2.05) is 0 Å². The zero-order chi connectivity index (χ0) is 15.7. The summed E-state index contributed by atoms with van der Waals surface area (Å²) in [6, 6.07) is 4.72. The zero-order valence-corrected chi connectivity index (χ0v) is 12.7. The van der Waals surface area contributed by atoms with Crippen molar-refractivity contribution in [2.75, 3.05) is 12.3 Å². The Hall–Kier alpha value is -1.45. The molecule has 0 radical (unpaired) electrons. The maximum atomic E-state index is 12.0. The van der Waals surface area contributed by atoms with Gasteiger partial charge in [0.2, 0.25) is 10.0 Å². The number of carbonyl (C=O) groups is 1. The number of sulfonamides is 1. The first kappa shape index (κ1) is 15.9. The van der Waals surface area contributed by atoms with Gasteiger partial charge in [-0.3, -0.25) is 0 Å². The Balaban J connectivity index is 2.10. The minimum absolute atomic E-state index is 0.0210. The molecule has 1 fully saturated rings. The van der Waals surface area contributed by atoms with Crippen LogP contribution in [0.5, 0.6) is 0 Å². The molecular weight excluding hydrogens is 318 g/mol. The number of benzene rings is 1. The van der Waals surface area contributed by atoms with Crippen molar-refractivity contribution < 1.29 is 26.7 Å². The Morgan fingerprint density at radius 2 is 1.90 bits per heavy atom. The molecule has 9 heteroatoms. The standard InChI is InChI=1S/C12H15NO6S2/c14-12(15)9-3-5-10(6-4-9)21(18,19)13-8-11-2-1-7-20(11,16)17/h3-6,11,13H,1-2,7-8H2,(H,14,15). The van der Waals surface area contributed by atoms with Gasteiger partial charge in [-0.15, -0.1) is 0 Å². The van der Waals surface area contributed by atoms with Gasteiger partial charge in [0, 0.05) is 6.54 Å². The molecule has 1 unspecified atom stereocenters. The minimum atomic E-state index is -3.85. The van der Waals surface area contributed by atoms with Gasteiger partial charge in [-0.05, 0) is 37.1 Å². The molecule has 0 spiro atoms. The highest BCUT2D eigenvalue weighted by molar-refractivity contribution is 7.92. The van der Waals surface area contributed by atoms with Gasteiger partial charge >= 0.3 is 5.97 Å². The minimum Gasteiger partial charge on any atom is -0.478 e. The van der Waals surface area contributed by atoms with E-state index in [0.717, 1.165) is 0 Å². The van der Waals surface area contributed by atoms with E-state index < -0.39 is 31.1 Å². The molecular formula is C12H15NO6S2. The SMILES string of the molecule is O=C(O)c1ccc(S(=O)(=O)NCC2CCCS2(=O)=O)cc1. The van der Waals surface area contributed by atoms with Crippen LogP contribution in [0.1, 0.15) is 23.2 Å². The first-order valence-corrected chi connectivity index (χ1v) is 9.47. The number of hydrogen-bond donors (Lipinski definition) is 2. The number of hydrogen-bond acceptors (Lipinski definition) is 5. The fourth-order valence-electron chi connectivity index (χ4n) is 2.15. The van der Waals surface area contributed by atoms with E-state index in [1.54, 1.807) is 0 Å². The highest BCUT2D eigenvalue weighted by atomic mass is 32.2. The van der Waals surface area contributed by atoms with E-state index in [0.29, 0.717) is 12.8 Å². The van der Waals surface area contributed by atoms with Crippen molar-refractivity contribution in [2.45, 2.75) is 23.0 Å². The number of carboxylic acid groups (broad SMARTS) is 1. The Labute approximate surface area is 123 Å². The largest absolute Gasteiger partial charge is 0.478 e. The fourth-order valence-corrected chi connectivity index (χ4v) is 5.10. The topological polar surface area (TPSA) is 118 Å². The quantitative estimate of drug-likeness (QED) is 0.797. The van der Waals surface area contributed by atoms with Gasteiger partial charge in [0.1, 0.15) is 0 Å². The average Bonchev–Trinajstić information content (AvgIpc) is 2.75. The van der Waals surface area contributed by atoms with Gasteiger partial charge in [0.15, 0.2) is 9.84 Å². The summed E-state index contributed by atoms with van der Waals surface area (Å²) in [5.74, 6) is -1.06. The molecule has 1 aliphatic heterocycles. The summed E-state index contributed by atoms with van der Waals surface area (Å²) in [6.45, 7) is -0.161. The lowest BCUT2D eigenvalue weighted by atomic mass is 10.2. The molecule has 7 nitrogen and oxygen atoms in total. The van der Waals surface area contributed by atoms with E-state index in [4.69, 9.17) is 5.11 Å². The fraction of sp³-hybridized carbons (Fsp3) is 0.417. The van der Waals surface area contributed by atoms with Gasteiger partial charge in [-0.1, -0.05) is 0 Å². The van der Waals surface area contributed by atoms with Crippen LogP contribution in [0.3, 0.4) is 0 Å². The molecule has 0 amide bonds. The maximum Gasteiger partial charge on any atom is 0.335 e. The van der Waals surface area contributed by atoms with E-state index >= 15 is 0 Å². The highest BCUT2D eigenvalue weighted by Gasteiger charge is 2.32. The van der Waals surface area contributed by atoms with Crippen LogP contribution in [0.2, 0.25) is 0 Å². The van der Waals surface area contributed by atoms with Crippen LogP contribution in [-0.2, 0) is 19.9 Å². The van der Waals surface area contributed by atoms with Crippen LogP contribution >= 0.6 is 0 Å². The summed E-state index contributed by atoms with van der Waals surface area (Å²) in [5.41, 5.74) is -0.0210.